The minimum absolute atomic E-state index is 0.0555. The maximum absolute atomic E-state index is 13.1. The summed E-state index contributed by atoms with van der Waals surface area (Å²) in [6, 6.07) is 13.1. The van der Waals surface area contributed by atoms with Crippen LogP contribution in [0.2, 0.25) is 0 Å². The number of nitrogens with two attached hydrogens (primary N) is 1. The molecule has 0 aliphatic heterocycles. The van der Waals surface area contributed by atoms with Crippen molar-refractivity contribution in [2.24, 2.45) is 5.73 Å². The van der Waals surface area contributed by atoms with Gasteiger partial charge in [-0.2, -0.15) is 0 Å². The van der Waals surface area contributed by atoms with Crippen molar-refractivity contribution in [1.29, 1.82) is 0 Å². The van der Waals surface area contributed by atoms with Gasteiger partial charge in [0.05, 0.1) is 0 Å². The van der Waals surface area contributed by atoms with Gasteiger partial charge in [-0.15, -0.1) is 11.8 Å². The number of aryl methyl sites for hydroxylation is 1. The highest BCUT2D eigenvalue weighted by molar-refractivity contribution is 7.98. The molecule has 3 heteroatoms. The molecule has 2 N–H and O–H groups in total. The molecule has 0 radical (unpaired) electrons. The highest BCUT2D eigenvalue weighted by Gasteiger charge is 2.09. The summed E-state index contributed by atoms with van der Waals surface area (Å²) in [5.74, 6) is -0.195. The van der Waals surface area contributed by atoms with Gasteiger partial charge >= 0.3 is 0 Å². The molecule has 0 fully saturated rings. The molecular weight excluding hydrogens is 257 g/mol. The molecular formula is C16H18FNS. The molecule has 0 amide bonds. The fourth-order valence-electron chi connectivity index (χ4n) is 2.09. The van der Waals surface area contributed by atoms with Crippen molar-refractivity contribution in [3.8, 4) is 0 Å². The molecule has 100 valence electrons. The van der Waals surface area contributed by atoms with Crippen molar-refractivity contribution in [3.63, 3.8) is 0 Å². The third-order valence-corrected chi connectivity index (χ3v) is 4.03. The number of hydrogen-bond donors (Lipinski definition) is 1. The molecule has 0 saturated carbocycles. The Hall–Kier alpha value is -1.32. The first kappa shape index (κ1) is 14.1. The van der Waals surface area contributed by atoms with Gasteiger partial charge in [0.1, 0.15) is 5.82 Å². The van der Waals surface area contributed by atoms with Crippen LogP contribution in [0.1, 0.15) is 22.7 Å². The molecule has 0 spiro atoms. The first-order valence-corrected chi connectivity index (χ1v) is 7.47. The zero-order chi connectivity index (χ0) is 13.8. The van der Waals surface area contributed by atoms with E-state index in [9.17, 15) is 4.39 Å². The predicted octanol–water partition coefficient (Wildman–Crippen LogP) is 4.10. The molecule has 19 heavy (non-hydrogen) atoms. The zero-order valence-corrected chi connectivity index (χ0v) is 12.0. The maximum Gasteiger partial charge on any atom is 0.123 e. The average Bonchev–Trinajstić information content (AvgIpc) is 2.42. The SMILES string of the molecule is CSc1ccc(C(N)Cc2ccc(F)cc2C)cc1. The number of thioether (sulfide) groups is 1. The summed E-state index contributed by atoms with van der Waals surface area (Å²) in [5, 5.41) is 0. The van der Waals surface area contributed by atoms with Crippen molar-refractivity contribution in [2.45, 2.75) is 24.3 Å². The minimum Gasteiger partial charge on any atom is -0.324 e. The Morgan fingerprint density at radius 2 is 1.84 bits per heavy atom. The van der Waals surface area contributed by atoms with Crippen LogP contribution in [0.5, 0.6) is 0 Å². The summed E-state index contributed by atoms with van der Waals surface area (Å²) in [6.07, 6.45) is 2.78. The normalized spacial score (nSPS) is 12.4. The Labute approximate surface area is 118 Å². The topological polar surface area (TPSA) is 26.0 Å². The van der Waals surface area contributed by atoms with Crippen LogP contribution < -0.4 is 5.73 Å². The summed E-state index contributed by atoms with van der Waals surface area (Å²) in [5.41, 5.74) is 9.39. The van der Waals surface area contributed by atoms with Crippen LogP contribution in [0.25, 0.3) is 0 Å². The molecule has 0 aliphatic carbocycles. The molecule has 0 aromatic heterocycles. The van der Waals surface area contributed by atoms with E-state index in [1.807, 2.05) is 13.0 Å². The van der Waals surface area contributed by atoms with Crippen LogP contribution in [-0.4, -0.2) is 6.26 Å². The summed E-state index contributed by atoms with van der Waals surface area (Å²) in [4.78, 5) is 1.23. The van der Waals surface area contributed by atoms with Crippen LogP contribution in [0.3, 0.4) is 0 Å². The monoisotopic (exact) mass is 275 g/mol. The summed E-state index contributed by atoms with van der Waals surface area (Å²) in [7, 11) is 0. The largest absolute Gasteiger partial charge is 0.324 e. The molecule has 2 aromatic carbocycles. The zero-order valence-electron chi connectivity index (χ0n) is 11.2. The maximum atomic E-state index is 13.1. The highest BCUT2D eigenvalue weighted by Crippen LogP contribution is 2.22. The van der Waals surface area contributed by atoms with Crippen LogP contribution in [0.4, 0.5) is 4.39 Å². The van der Waals surface area contributed by atoms with E-state index in [-0.39, 0.29) is 11.9 Å². The molecule has 1 atom stereocenters. The van der Waals surface area contributed by atoms with Gasteiger partial charge in [0.2, 0.25) is 0 Å². The van der Waals surface area contributed by atoms with Gasteiger partial charge in [-0.25, -0.2) is 4.39 Å². The number of halogens is 1. The first-order chi connectivity index (χ1) is 9.10. The van der Waals surface area contributed by atoms with E-state index in [0.717, 1.165) is 23.1 Å². The smallest absolute Gasteiger partial charge is 0.123 e. The van der Waals surface area contributed by atoms with Gasteiger partial charge in [0.15, 0.2) is 0 Å². The average molecular weight is 275 g/mol. The van der Waals surface area contributed by atoms with Gasteiger partial charge < -0.3 is 5.73 Å². The molecule has 0 bridgehead atoms. The summed E-state index contributed by atoms with van der Waals surface area (Å²) in [6.45, 7) is 1.92. The van der Waals surface area contributed by atoms with Gasteiger partial charge in [-0.3, -0.25) is 0 Å². The van der Waals surface area contributed by atoms with Crippen LogP contribution >= 0.6 is 11.8 Å². The Balaban J connectivity index is 2.13. The lowest BCUT2D eigenvalue weighted by Crippen LogP contribution is -2.14. The molecule has 2 aromatic rings. The second kappa shape index (κ2) is 6.22. The van der Waals surface area contributed by atoms with E-state index in [1.54, 1.807) is 17.8 Å². The first-order valence-electron chi connectivity index (χ1n) is 6.24. The van der Waals surface area contributed by atoms with Crippen molar-refractivity contribution in [1.82, 2.24) is 0 Å². The van der Waals surface area contributed by atoms with E-state index in [2.05, 4.69) is 30.5 Å². The predicted molar refractivity (Wildman–Crippen MR) is 80.0 cm³/mol. The van der Waals surface area contributed by atoms with Gasteiger partial charge in [-0.1, -0.05) is 18.2 Å². The fourth-order valence-corrected chi connectivity index (χ4v) is 2.50. The van der Waals surface area contributed by atoms with Crippen LogP contribution in [-0.2, 0) is 6.42 Å². The van der Waals surface area contributed by atoms with Gasteiger partial charge in [-0.05, 0) is 60.6 Å². The Morgan fingerprint density at radius 3 is 2.42 bits per heavy atom. The quantitative estimate of drug-likeness (QED) is 0.850. The third-order valence-electron chi connectivity index (χ3n) is 3.29. The fraction of sp³-hybridized carbons (Fsp3) is 0.250. The van der Waals surface area contributed by atoms with Crippen molar-refractivity contribution >= 4 is 11.8 Å². The van der Waals surface area contributed by atoms with E-state index >= 15 is 0 Å². The van der Waals surface area contributed by atoms with Crippen molar-refractivity contribution < 1.29 is 4.39 Å². The van der Waals surface area contributed by atoms with E-state index in [0.29, 0.717) is 0 Å². The molecule has 0 heterocycles. The van der Waals surface area contributed by atoms with Crippen LogP contribution in [0, 0.1) is 12.7 Å². The van der Waals surface area contributed by atoms with E-state index in [4.69, 9.17) is 5.73 Å². The lowest BCUT2D eigenvalue weighted by Gasteiger charge is -2.14. The molecule has 0 saturated heterocycles. The number of rotatable bonds is 4. The van der Waals surface area contributed by atoms with Gasteiger partial charge in [0.25, 0.3) is 0 Å². The van der Waals surface area contributed by atoms with Crippen LogP contribution in [0.15, 0.2) is 47.4 Å². The lowest BCUT2D eigenvalue weighted by atomic mass is 9.97. The minimum atomic E-state index is -0.195. The standard InChI is InChI=1S/C16H18FNS/c1-11-9-14(17)6-3-13(11)10-16(18)12-4-7-15(19-2)8-5-12/h3-9,16H,10,18H2,1-2H3. The second-order valence-corrected chi connectivity index (χ2v) is 5.53. The Morgan fingerprint density at radius 1 is 1.16 bits per heavy atom. The third kappa shape index (κ3) is 3.58. The molecule has 2 rings (SSSR count). The highest BCUT2D eigenvalue weighted by atomic mass is 32.2. The molecule has 0 aliphatic rings. The molecule has 1 nitrogen and oxygen atoms in total. The molecule has 1 unspecified atom stereocenters. The summed E-state index contributed by atoms with van der Waals surface area (Å²) < 4.78 is 13.1. The summed E-state index contributed by atoms with van der Waals surface area (Å²) >= 11 is 1.71. The van der Waals surface area contributed by atoms with E-state index < -0.39 is 0 Å². The number of benzene rings is 2. The second-order valence-electron chi connectivity index (χ2n) is 4.65. The Kier molecular flexibility index (Phi) is 4.61. The van der Waals surface area contributed by atoms with Gasteiger partial charge in [0, 0.05) is 10.9 Å². The lowest BCUT2D eigenvalue weighted by molar-refractivity contribution is 0.624. The van der Waals surface area contributed by atoms with Crippen molar-refractivity contribution in [2.75, 3.05) is 6.26 Å². The number of hydrogen-bond acceptors (Lipinski definition) is 2. The van der Waals surface area contributed by atoms with E-state index in [1.165, 1.54) is 11.0 Å². The Bertz CT molecular complexity index is 551. The van der Waals surface area contributed by atoms with Crippen molar-refractivity contribution in [3.05, 3.63) is 65.0 Å².